The summed E-state index contributed by atoms with van der Waals surface area (Å²) in [6, 6.07) is 16.5. The Labute approximate surface area is 187 Å². The third kappa shape index (κ3) is 4.22. The largest absolute Gasteiger partial charge is 0.497 e. The molecule has 0 amide bonds. The highest BCUT2D eigenvalue weighted by molar-refractivity contribution is 6.30. The summed E-state index contributed by atoms with van der Waals surface area (Å²) >= 11 is 6.09. The van der Waals surface area contributed by atoms with Crippen LogP contribution >= 0.6 is 11.6 Å². The van der Waals surface area contributed by atoms with E-state index in [0.29, 0.717) is 19.3 Å². The fraction of sp³-hybridized carbons (Fsp3) is 0.400. The van der Waals surface area contributed by atoms with Crippen LogP contribution in [0.2, 0.25) is 5.02 Å². The standard InChI is InChI=1S/C25H27ClN2O3/c1-29-23-4-2-3-19(16-23)24-27-17-22(15-18-5-7-20(26)8-6-18)28(24)21-9-11-25(12-10-21)30-13-14-31-25/h2-8,16-17,21H,9-15H2,1H3. The predicted molar refractivity (Wildman–Crippen MR) is 121 cm³/mol. The fourth-order valence-corrected chi connectivity index (χ4v) is 4.93. The van der Waals surface area contributed by atoms with Crippen molar-refractivity contribution >= 4 is 11.6 Å². The summed E-state index contributed by atoms with van der Waals surface area (Å²) in [4.78, 5) is 4.86. The van der Waals surface area contributed by atoms with Gasteiger partial charge in [-0.15, -0.1) is 0 Å². The van der Waals surface area contributed by atoms with Crippen molar-refractivity contribution in [3.05, 3.63) is 71.0 Å². The SMILES string of the molecule is COc1cccc(-c2ncc(Cc3ccc(Cl)cc3)n2C2CCC3(CC2)OCCO3)c1. The molecule has 0 N–H and O–H groups in total. The van der Waals surface area contributed by atoms with Gasteiger partial charge in [-0.25, -0.2) is 4.98 Å². The Bertz CT molecular complexity index is 1030. The van der Waals surface area contributed by atoms with Crippen LogP contribution in [0.4, 0.5) is 0 Å². The van der Waals surface area contributed by atoms with Crippen LogP contribution in [0.5, 0.6) is 5.75 Å². The second-order valence-corrected chi connectivity index (χ2v) is 8.75. The Balaban J connectivity index is 1.49. The molecule has 31 heavy (non-hydrogen) atoms. The minimum absolute atomic E-state index is 0.351. The summed E-state index contributed by atoms with van der Waals surface area (Å²) in [5.74, 6) is 1.45. The zero-order valence-corrected chi connectivity index (χ0v) is 18.5. The number of aromatic nitrogens is 2. The smallest absolute Gasteiger partial charge is 0.168 e. The molecule has 1 saturated carbocycles. The van der Waals surface area contributed by atoms with E-state index < -0.39 is 0 Å². The van der Waals surface area contributed by atoms with Gasteiger partial charge in [0, 0.05) is 47.8 Å². The molecule has 1 aliphatic heterocycles. The van der Waals surface area contributed by atoms with Crippen LogP contribution in [0.25, 0.3) is 11.4 Å². The van der Waals surface area contributed by atoms with Gasteiger partial charge in [0.15, 0.2) is 5.79 Å². The molecule has 2 heterocycles. The second kappa shape index (κ2) is 8.65. The quantitative estimate of drug-likeness (QED) is 0.515. The number of hydrogen-bond donors (Lipinski definition) is 0. The lowest BCUT2D eigenvalue weighted by molar-refractivity contribution is -0.181. The lowest BCUT2D eigenvalue weighted by atomic mass is 9.89. The average molecular weight is 439 g/mol. The number of imidazole rings is 1. The molecule has 1 saturated heterocycles. The predicted octanol–water partition coefficient (Wildman–Crippen LogP) is 5.66. The molecule has 0 unspecified atom stereocenters. The van der Waals surface area contributed by atoms with Crippen molar-refractivity contribution in [1.29, 1.82) is 0 Å². The summed E-state index contributed by atoms with van der Waals surface area (Å²) in [7, 11) is 1.69. The zero-order valence-electron chi connectivity index (χ0n) is 17.7. The molecule has 1 spiro atoms. The highest BCUT2D eigenvalue weighted by atomic mass is 35.5. The monoisotopic (exact) mass is 438 g/mol. The summed E-state index contributed by atoms with van der Waals surface area (Å²) < 4.78 is 19.8. The highest BCUT2D eigenvalue weighted by Crippen LogP contribution is 2.42. The van der Waals surface area contributed by atoms with E-state index in [-0.39, 0.29) is 5.79 Å². The van der Waals surface area contributed by atoms with Crippen LogP contribution in [-0.2, 0) is 15.9 Å². The van der Waals surface area contributed by atoms with E-state index in [0.717, 1.165) is 54.3 Å². The molecule has 5 rings (SSSR count). The first-order chi connectivity index (χ1) is 15.2. The van der Waals surface area contributed by atoms with Gasteiger partial charge in [-0.1, -0.05) is 35.9 Å². The summed E-state index contributed by atoms with van der Waals surface area (Å²) in [5, 5.41) is 0.753. The third-order valence-corrected chi connectivity index (χ3v) is 6.65. The van der Waals surface area contributed by atoms with Crippen molar-refractivity contribution in [2.75, 3.05) is 20.3 Å². The molecule has 0 radical (unpaired) electrons. The normalized spacial score (nSPS) is 18.5. The molecule has 5 nitrogen and oxygen atoms in total. The molecule has 1 aliphatic carbocycles. The Hall–Kier alpha value is -2.34. The molecular formula is C25H27ClN2O3. The summed E-state index contributed by atoms with van der Waals surface area (Å²) in [6.45, 7) is 1.40. The molecule has 3 aromatic rings. The van der Waals surface area contributed by atoms with E-state index in [1.165, 1.54) is 11.3 Å². The first-order valence-electron chi connectivity index (χ1n) is 10.9. The maximum atomic E-state index is 6.09. The molecule has 0 atom stereocenters. The number of nitrogens with zero attached hydrogens (tertiary/aromatic N) is 2. The maximum absolute atomic E-state index is 6.09. The van der Waals surface area contributed by atoms with Gasteiger partial charge in [0.25, 0.3) is 0 Å². The van der Waals surface area contributed by atoms with E-state index in [1.54, 1.807) is 7.11 Å². The number of hydrogen-bond acceptors (Lipinski definition) is 4. The minimum Gasteiger partial charge on any atom is -0.497 e. The van der Waals surface area contributed by atoms with E-state index >= 15 is 0 Å². The lowest BCUT2D eigenvalue weighted by Crippen LogP contribution is -2.36. The first kappa shape index (κ1) is 20.6. The van der Waals surface area contributed by atoms with Crippen LogP contribution in [0.1, 0.15) is 43.0 Å². The van der Waals surface area contributed by atoms with Gasteiger partial charge >= 0.3 is 0 Å². The summed E-state index contributed by atoms with van der Waals surface area (Å²) in [5.41, 5.74) is 3.49. The Morgan fingerprint density at radius 3 is 2.55 bits per heavy atom. The Morgan fingerprint density at radius 2 is 1.84 bits per heavy atom. The van der Waals surface area contributed by atoms with Gasteiger partial charge in [0.1, 0.15) is 11.6 Å². The van der Waals surface area contributed by atoms with Crippen LogP contribution in [0.15, 0.2) is 54.7 Å². The van der Waals surface area contributed by atoms with Gasteiger partial charge < -0.3 is 18.8 Å². The van der Waals surface area contributed by atoms with Crippen LogP contribution < -0.4 is 4.74 Å². The lowest BCUT2D eigenvalue weighted by Gasteiger charge is -2.37. The third-order valence-electron chi connectivity index (χ3n) is 6.40. The highest BCUT2D eigenvalue weighted by Gasteiger charge is 2.41. The number of ether oxygens (including phenoxy) is 3. The van der Waals surface area contributed by atoms with Crippen LogP contribution in [0, 0.1) is 0 Å². The van der Waals surface area contributed by atoms with Crippen molar-refractivity contribution in [2.24, 2.45) is 0 Å². The molecular weight excluding hydrogens is 412 g/mol. The van der Waals surface area contributed by atoms with Crippen molar-refractivity contribution < 1.29 is 14.2 Å². The van der Waals surface area contributed by atoms with Crippen LogP contribution in [-0.4, -0.2) is 35.7 Å². The minimum atomic E-state index is -0.371. The van der Waals surface area contributed by atoms with Crippen molar-refractivity contribution in [2.45, 2.75) is 43.9 Å². The fourth-order valence-electron chi connectivity index (χ4n) is 4.81. The molecule has 1 aromatic heterocycles. The number of rotatable bonds is 5. The van der Waals surface area contributed by atoms with Crippen molar-refractivity contribution in [3.8, 4) is 17.1 Å². The molecule has 162 valence electrons. The average Bonchev–Trinajstić information content (AvgIpc) is 3.44. The van der Waals surface area contributed by atoms with E-state index in [2.05, 4.69) is 28.8 Å². The van der Waals surface area contributed by atoms with Gasteiger partial charge in [-0.05, 0) is 42.7 Å². The van der Waals surface area contributed by atoms with Gasteiger partial charge in [0.05, 0.1) is 20.3 Å². The van der Waals surface area contributed by atoms with E-state index in [4.69, 9.17) is 30.8 Å². The Morgan fingerprint density at radius 1 is 1.10 bits per heavy atom. The molecule has 2 fully saturated rings. The maximum Gasteiger partial charge on any atom is 0.168 e. The zero-order chi connectivity index (χ0) is 21.3. The number of methoxy groups -OCH3 is 1. The summed E-state index contributed by atoms with van der Waals surface area (Å²) in [6.07, 6.45) is 6.64. The Kier molecular flexibility index (Phi) is 5.74. The molecule has 2 aliphatic rings. The molecule has 2 aromatic carbocycles. The first-order valence-corrected chi connectivity index (χ1v) is 11.3. The second-order valence-electron chi connectivity index (χ2n) is 8.32. The van der Waals surface area contributed by atoms with Gasteiger partial charge in [-0.2, -0.15) is 0 Å². The van der Waals surface area contributed by atoms with Crippen molar-refractivity contribution in [1.82, 2.24) is 9.55 Å². The number of halogens is 1. The topological polar surface area (TPSA) is 45.5 Å². The van der Waals surface area contributed by atoms with Crippen LogP contribution in [0.3, 0.4) is 0 Å². The van der Waals surface area contributed by atoms with E-state index in [1.807, 2.05) is 30.5 Å². The number of benzene rings is 2. The van der Waals surface area contributed by atoms with Crippen molar-refractivity contribution in [3.63, 3.8) is 0 Å². The van der Waals surface area contributed by atoms with E-state index in [9.17, 15) is 0 Å². The molecule has 0 bridgehead atoms. The van der Waals surface area contributed by atoms with Gasteiger partial charge in [0.2, 0.25) is 0 Å². The van der Waals surface area contributed by atoms with Gasteiger partial charge in [-0.3, -0.25) is 0 Å². The molecule has 6 heteroatoms.